The van der Waals surface area contributed by atoms with Crippen LogP contribution in [0.5, 0.6) is 0 Å². The first-order chi connectivity index (χ1) is 9.87. The highest BCUT2D eigenvalue weighted by molar-refractivity contribution is 9.10. The third-order valence-corrected chi connectivity index (χ3v) is 4.39. The molecule has 0 spiro atoms. The average Bonchev–Trinajstić information content (AvgIpc) is 2.43. The van der Waals surface area contributed by atoms with Crippen LogP contribution in [0.3, 0.4) is 0 Å². The first-order valence-corrected chi connectivity index (χ1v) is 7.94. The van der Waals surface area contributed by atoms with Crippen molar-refractivity contribution < 1.29 is 13.2 Å². The molecular weight excluding hydrogens is 381 g/mol. The third kappa shape index (κ3) is 5.72. The zero-order chi connectivity index (χ0) is 15.5. The van der Waals surface area contributed by atoms with E-state index in [0.717, 1.165) is 41.8 Å². The molecule has 126 valence electrons. The first kappa shape index (κ1) is 19.7. The van der Waals surface area contributed by atoms with Gasteiger partial charge in [-0.15, -0.1) is 12.4 Å². The maximum Gasteiger partial charge on any atom is 0.389 e. The molecule has 1 aliphatic heterocycles. The minimum atomic E-state index is -4.10. The van der Waals surface area contributed by atoms with Crippen molar-refractivity contribution in [3.63, 3.8) is 0 Å². The quantitative estimate of drug-likeness (QED) is 0.801. The van der Waals surface area contributed by atoms with Gasteiger partial charge in [0, 0.05) is 43.1 Å². The van der Waals surface area contributed by atoms with Gasteiger partial charge >= 0.3 is 6.18 Å². The molecule has 1 saturated heterocycles. The van der Waals surface area contributed by atoms with Gasteiger partial charge in [0.2, 0.25) is 0 Å². The van der Waals surface area contributed by atoms with Crippen LogP contribution in [0.4, 0.5) is 13.2 Å². The van der Waals surface area contributed by atoms with Crippen LogP contribution in [0.2, 0.25) is 0 Å². The molecular formula is C15H21BrClF3N2. The zero-order valence-corrected chi connectivity index (χ0v) is 14.8. The number of piperazine rings is 1. The predicted molar refractivity (Wildman–Crippen MR) is 88.6 cm³/mol. The van der Waals surface area contributed by atoms with Crippen molar-refractivity contribution in [2.24, 2.45) is 0 Å². The summed E-state index contributed by atoms with van der Waals surface area (Å²) in [5.41, 5.74) is 2.04. The van der Waals surface area contributed by atoms with Gasteiger partial charge in [0.1, 0.15) is 0 Å². The Hall–Kier alpha value is -0.300. The lowest BCUT2D eigenvalue weighted by Crippen LogP contribution is -2.45. The summed E-state index contributed by atoms with van der Waals surface area (Å²) >= 11 is 3.43. The summed E-state index contributed by atoms with van der Waals surface area (Å²) in [6.45, 7) is 5.19. The molecule has 0 radical (unpaired) electrons. The second-order valence-corrected chi connectivity index (χ2v) is 6.37. The van der Waals surface area contributed by atoms with Crippen molar-refractivity contribution in [2.45, 2.75) is 32.0 Å². The topological polar surface area (TPSA) is 15.3 Å². The van der Waals surface area contributed by atoms with E-state index in [2.05, 4.69) is 26.1 Å². The lowest BCUT2D eigenvalue weighted by atomic mass is 9.95. The molecule has 1 aromatic rings. The molecule has 7 heteroatoms. The Labute approximate surface area is 144 Å². The fraction of sp³-hybridized carbons (Fsp3) is 0.600. The molecule has 1 aromatic carbocycles. The minimum absolute atomic E-state index is 0. The number of benzene rings is 1. The summed E-state index contributed by atoms with van der Waals surface area (Å²) in [6.07, 6.45) is -4.74. The van der Waals surface area contributed by atoms with Crippen LogP contribution in [0.15, 0.2) is 22.7 Å². The Morgan fingerprint density at radius 2 is 1.91 bits per heavy atom. The van der Waals surface area contributed by atoms with Crippen LogP contribution < -0.4 is 5.32 Å². The molecule has 0 aliphatic carbocycles. The summed E-state index contributed by atoms with van der Waals surface area (Å²) in [6, 6.07) is 5.67. The molecule has 2 nitrogen and oxygen atoms in total. The fourth-order valence-electron chi connectivity index (χ4n) is 2.80. The maximum absolute atomic E-state index is 12.6. The van der Waals surface area contributed by atoms with Gasteiger partial charge in [-0.05, 0) is 36.6 Å². The smallest absolute Gasteiger partial charge is 0.314 e. The summed E-state index contributed by atoms with van der Waals surface area (Å²) in [7, 11) is 0. The van der Waals surface area contributed by atoms with Crippen LogP contribution in [0.1, 0.15) is 30.0 Å². The van der Waals surface area contributed by atoms with Crippen LogP contribution in [-0.2, 0) is 0 Å². The van der Waals surface area contributed by atoms with E-state index in [0.29, 0.717) is 0 Å². The molecule has 22 heavy (non-hydrogen) atoms. The number of alkyl halides is 3. The third-order valence-electron chi connectivity index (χ3n) is 3.89. The SMILES string of the molecule is Cc1ccc(Br)cc1[C@@H](CCC(F)(F)F)N1CCNCC1.Cl. The lowest BCUT2D eigenvalue weighted by Gasteiger charge is -2.36. The van der Waals surface area contributed by atoms with Crippen LogP contribution in [-0.4, -0.2) is 37.3 Å². The standard InChI is InChI=1S/C15H20BrF3N2.ClH/c1-11-2-3-12(16)10-13(11)14(4-5-15(17,18)19)21-8-6-20-7-9-21;/h2-3,10,14,20H,4-9H2,1H3;1H/t14-;/m1./s1. The number of hydrogen-bond acceptors (Lipinski definition) is 2. The van der Waals surface area contributed by atoms with Gasteiger partial charge in [-0.3, -0.25) is 4.90 Å². The van der Waals surface area contributed by atoms with Crippen molar-refractivity contribution >= 4 is 28.3 Å². The van der Waals surface area contributed by atoms with Crippen molar-refractivity contribution in [1.82, 2.24) is 10.2 Å². The van der Waals surface area contributed by atoms with E-state index in [4.69, 9.17) is 0 Å². The van der Waals surface area contributed by atoms with E-state index in [1.54, 1.807) is 0 Å². The van der Waals surface area contributed by atoms with E-state index < -0.39 is 12.6 Å². The van der Waals surface area contributed by atoms with Crippen molar-refractivity contribution in [1.29, 1.82) is 0 Å². The highest BCUT2D eigenvalue weighted by atomic mass is 79.9. The van der Waals surface area contributed by atoms with E-state index in [9.17, 15) is 13.2 Å². The number of rotatable bonds is 4. The Morgan fingerprint density at radius 3 is 2.50 bits per heavy atom. The molecule has 1 heterocycles. The van der Waals surface area contributed by atoms with Gasteiger partial charge in [0.25, 0.3) is 0 Å². The van der Waals surface area contributed by atoms with Gasteiger partial charge in [0.15, 0.2) is 0 Å². The van der Waals surface area contributed by atoms with E-state index in [1.807, 2.05) is 25.1 Å². The second-order valence-electron chi connectivity index (χ2n) is 5.46. The molecule has 0 amide bonds. The fourth-order valence-corrected chi connectivity index (χ4v) is 3.18. The number of aryl methyl sites for hydroxylation is 1. The van der Waals surface area contributed by atoms with E-state index in [-0.39, 0.29) is 24.9 Å². The Balaban J connectivity index is 0.00000242. The first-order valence-electron chi connectivity index (χ1n) is 7.14. The van der Waals surface area contributed by atoms with Crippen molar-refractivity contribution in [3.8, 4) is 0 Å². The summed E-state index contributed by atoms with van der Waals surface area (Å²) < 4.78 is 38.8. The van der Waals surface area contributed by atoms with Crippen LogP contribution >= 0.6 is 28.3 Å². The van der Waals surface area contributed by atoms with Gasteiger partial charge in [0.05, 0.1) is 0 Å². The van der Waals surface area contributed by atoms with Gasteiger partial charge in [-0.2, -0.15) is 13.2 Å². The predicted octanol–water partition coefficient (Wildman–Crippen LogP) is 4.47. The molecule has 0 aromatic heterocycles. The molecule has 2 rings (SSSR count). The number of hydrogen-bond donors (Lipinski definition) is 1. The molecule has 0 bridgehead atoms. The maximum atomic E-state index is 12.6. The molecule has 1 aliphatic rings. The highest BCUT2D eigenvalue weighted by Crippen LogP contribution is 2.34. The lowest BCUT2D eigenvalue weighted by molar-refractivity contribution is -0.138. The number of nitrogens with one attached hydrogen (secondary N) is 1. The zero-order valence-electron chi connectivity index (χ0n) is 12.4. The molecule has 1 N–H and O–H groups in total. The highest BCUT2D eigenvalue weighted by Gasteiger charge is 2.31. The van der Waals surface area contributed by atoms with E-state index >= 15 is 0 Å². The van der Waals surface area contributed by atoms with Crippen LogP contribution in [0, 0.1) is 6.92 Å². The van der Waals surface area contributed by atoms with E-state index in [1.165, 1.54) is 0 Å². The second kappa shape index (κ2) is 8.52. The average molecular weight is 402 g/mol. The Bertz CT molecular complexity index is 476. The van der Waals surface area contributed by atoms with Crippen molar-refractivity contribution in [3.05, 3.63) is 33.8 Å². The Kier molecular flexibility index (Phi) is 7.65. The monoisotopic (exact) mass is 400 g/mol. The Morgan fingerprint density at radius 1 is 1.27 bits per heavy atom. The summed E-state index contributed by atoms with van der Waals surface area (Å²) in [5.74, 6) is 0. The number of halogens is 5. The summed E-state index contributed by atoms with van der Waals surface area (Å²) in [5, 5.41) is 3.25. The minimum Gasteiger partial charge on any atom is -0.314 e. The van der Waals surface area contributed by atoms with Gasteiger partial charge < -0.3 is 5.32 Å². The summed E-state index contributed by atoms with van der Waals surface area (Å²) in [4.78, 5) is 2.16. The van der Waals surface area contributed by atoms with Crippen LogP contribution in [0.25, 0.3) is 0 Å². The van der Waals surface area contributed by atoms with Gasteiger partial charge in [-0.25, -0.2) is 0 Å². The normalized spacial score (nSPS) is 17.9. The van der Waals surface area contributed by atoms with Gasteiger partial charge in [-0.1, -0.05) is 22.0 Å². The molecule has 1 atom stereocenters. The molecule has 1 fully saturated rings. The number of nitrogens with zero attached hydrogens (tertiary/aromatic N) is 1. The largest absolute Gasteiger partial charge is 0.389 e. The molecule has 0 unspecified atom stereocenters. The van der Waals surface area contributed by atoms with Crippen molar-refractivity contribution in [2.75, 3.05) is 26.2 Å². The molecule has 0 saturated carbocycles.